The molecule has 0 aliphatic carbocycles. The number of ether oxygens (including phenoxy) is 1. The highest BCUT2D eigenvalue weighted by Gasteiger charge is 2.32. The lowest BCUT2D eigenvalue weighted by atomic mass is 9.95. The van der Waals surface area contributed by atoms with Crippen LogP contribution in [0.15, 0.2) is 92.3 Å². The van der Waals surface area contributed by atoms with E-state index in [4.69, 9.17) is 16.3 Å². The second-order valence-electron chi connectivity index (χ2n) is 8.50. The number of para-hydroxylation sites is 1. The van der Waals surface area contributed by atoms with E-state index < -0.39 is 6.04 Å². The maximum atomic E-state index is 13.8. The number of carbonyl (C=O) groups excluding carboxylic acids is 1. The topological polar surface area (TPSA) is 92.9 Å². The summed E-state index contributed by atoms with van der Waals surface area (Å²) < 4.78 is 7.92. The molecule has 1 amide bonds. The molecule has 0 bridgehead atoms. The Balaban J connectivity index is 1.71. The van der Waals surface area contributed by atoms with E-state index in [1.807, 2.05) is 30.3 Å². The van der Waals surface area contributed by atoms with Gasteiger partial charge in [-0.15, -0.1) is 0 Å². The number of aromatic hydroxyl groups is 1. The fraction of sp³-hybridized carbons (Fsp3) is 0.107. The van der Waals surface area contributed by atoms with Gasteiger partial charge in [-0.2, -0.15) is 0 Å². The van der Waals surface area contributed by atoms with Crippen LogP contribution >= 0.6 is 38.9 Å². The quantitative estimate of drug-likeness (QED) is 0.333. The van der Waals surface area contributed by atoms with Crippen molar-refractivity contribution in [1.82, 2.24) is 4.57 Å². The highest BCUT2D eigenvalue weighted by molar-refractivity contribution is 9.10. The smallest absolute Gasteiger partial charge is 0.271 e. The van der Waals surface area contributed by atoms with E-state index in [0.29, 0.717) is 47.6 Å². The fourth-order valence-corrected chi connectivity index (χ4v) is 6.17. The lowest BCUT2D eigenvalue weighted by Crippen LogP contribution is -2.40. The number of amides is 1. The molecule has 0 fully saturated rings. The van der Waals surface area contributed by atoms with Crippen LogP contribution in [0, 0.1) is 0 Å². The Bertz CT molecular complexity index is 1780. The molecule has 0 saturated carbocycles. The molecule has 38 heavy (non-hydrogen) atoms. The largest absolute Gasteiger partial charge is 0.506 e. The monoisotopic (exact) mass is 609 g/mol. The Kier molecular flexibility index (Phi) is 7.25. The Labute approximate surface area is 235 Å². The standard InChI is InChI=1S/C28H21BrClN3O4S/c1-15-23(26(35)32-19-8-4-3-5-9-19)24(16-7-6-10-20(12-16)37-2)33-27(36)22(38-28(33)31-15)13-17-11-18(29)14-21(30)25(17)34/h3-14,24,34H,1-2H3,(H,32,35). The maximum absolute atomic E-state index is 13.8. The van der Waals surface area contributed by atoms with Crippen molar-refractivity contribution in [2.24, 2.45) is 4.99 Å². The van der Waals surface area contributed by atoms with Gasteiger partial charge in [0.15, 0.2) is 4.80 Å². The summed E-state index contributed by atoms with van der Waals surface area (Å²) in [6.07, 6.45) is 1.57. The van der Waals surface area contributed by atoms with E-state index in [0.717, 1.165) is 0 Å². The zero-order valence-electron chi connectivity index (χ0n) is 20.2. The number of halogens is 2. The number of hydrogen-bond acceptors (Lipinski definition) is 6. The predicted octanol–water partition coefficient (Wildman–Crippen LogP) is 5.00. The van der Waals surface area contributed by atoms with Crippen molar-refractivity contribution < 1.29 is 14.6 Å². The first-order valence-electron chi connectivity index (χ1n) is 11.5. The summed E-state index contributed by atoms with van der Waals surface area (Å²) in [5.41, 5.74) is 2.18. The first kappa shape index (κ1) is 26.0. The van der Waals surface area contributed by atoms with Crippen molar-refractivity contribution in [2.75, 3.05) is 12.4 Å². The van der Waals surface area contributed by atoms with Crippen molar-refractivity contribution in [2.45, 2.75) is 13.0 Å². The Morgan fingerprint density at radius 1 is 1.18 bits per heavy atom. The van der Waals surface area contributed by atoms with E-state index in [9.17, 15) is 14.7 Å². The van der Waals surface area contributed by atoms with Crippen molar-refractivity contribution in [3.05, 3.63) is 118 Å². The van der Waals surface area contributed by atoms with Gasteiger partial charge in [0.25, 0.3) is 11.5 Å². The van der Waals surface area contributed by atoms with Crippen molar-refractivity contribution in [3.8, 4) is 11.5 Å². The first-order chi connectivity index (χ1) is 18.3. The molecule has 1 aliphatic rings. The van der Waals surface area contributed by atoms with Crippen LogP contribution in [0.4, 0.5) is 5.69 Å². The Hall–Kier alpha value is -3.66. The average molecular weight is 611 g/mol. The number of benzene rings is 3. The SMILES string of the molecule is COc1cccc(C2C(C(=O)Nc3ccccc3)=C(C)N=c3sc(=Cc4cc(Br)cc(Cl)c4O)c(=O)n32)c1. The molecule has 10 heteroatoms. The fourth-order valence-electron chi connectivity index (χ4n) is 4.30. The van der Waals surface area contributed by atoms with Gasteiger partial charge in [0.05, 0.1) is 34.0 Å². The predicted molar refractivity (Wildman–Crippen MR) is 153 cm³/mol. The van der Waals surface area contributed by atoms with Crippen LogP contribution < -0.4 is 24.9 Å². The number of thiazole rings is 1. The Morgan fingerprint density at radius 3 is 2.68 bits per heavy atom. The number of nitrogens with zero attached hydrogens (tertiary/aromatic N) is 2. The van der Waals surface area contributed by atoms with Crippen LogP contribution in [0.2, 0.25) is 5.02 Å². The Morgan fingerprint density at radius 2 is 1.95 bits per heavy atom. The van der Waals surface area contributed by atoms with Gasteiger partial charge < -0.3 is 15.2 Å². The number of hydrogen-bond donors (Lipinski definition) is 2. The second-order valence-corrected chi connectivity index (χ2v) is 10.8. The van der Waals surface area contributed by atoms with Crippen LogP contribution in [0.25, 0.3) is 6.08 Å². The molecule has 1 aliphatic heterocycles. The van der Waals surface area contributed by atoms with Crippen LogP contribution in [0.3, 0.4) is 0 Å². The highest BCUT2D eigenvalue weighted by Crippen LogP contribution is 2.33. The maximum Gasteiger partial charge on any atom is 0.271 e. The van der Waals surface area contributed by atoms with Gasteiger partial charge in [0, 0.05) is 15.7 Å². The minimum absolute atomic E-state index is 0.135. The number of anilines is 1. The molecule has 2 heterocycles. The summed E-state index contributed by atoms with van der Waals surface area (Å²) >= 11 is 10.7. The number of phenolic OH excluding ortho intramolecular Hbond substituents is 1. The normalized spacial score (nSPS) is 15.2. The summed E-state index contributed by atoms with van der Waals surface area (Å²) in [6.45, 7) is 1.75. The van der Waals surface area contributed by atoms with Crippen molar-refractivity contribution in [1.29, 1.82) is 0 Å². The third-order valence-corrected chi connectivity index (χ3v) is 7.78. The molecule has 5 rings (SSSR count). The van der Waals surface area contributed by atoms with Gasteiger partial charge >= 0.3 is 0 Å². The molecule has 4 aromatic rings. The van der Waals surface area contributed by atoms with E-state index in [2.05, 4.69) is 26.2 Å². The molecule has 1 atom stereocenters. The van der Waals surface area contributed by atoms with Gasteiger partial charge in [0.2, 0.25) is 0 Å². The molecule has 0 radical (unpaired) electrons. The van der Waals surface area contributed by atoms with Crippen LogP contribution in [-0.2, 0) is 4.79 Å². The number of nitrogens with one attached hydrogen (secondary N) is 1. The molecule has 1 aromatic heterocycles. The minimum atomic E-state index is -0.757. The van der Waals surface area contributed by atoms with Crippen LogP contribution in [0.5, 0.6) is 11.5 Å². The van der Waals surface area contributed by atoms with E-state index in [1.54, 1.807) is 56.5 Å². The van der Waals surface area contributed by atoms with Gasteiger partial charge in [-0.3, -0.25) is 14.2 Å². The molecule has 2 N–H and O–H groups in total. The van der Waals surface area contributed by atoms with Crippen molar-refractivity contribution in [3.63, 3.8) is 0 Å². The van der Waals surface area contributed by atoms with Gasteiger partial charge in [-0.25, -0.2) is 4.99 Å². The summed E-state index contributed by atoms with van der Waals surface area (Å²) in [6, 6.07) is 18.8. The summed E-state index contributed by atoms with van der Waals surface area (Å²) in [5.74, 6) is 0.0934. The number of carbonyl (C=O) groups is 1. The number of methoxy groups -OCH3 is 1. The molecule has 0 saturated heterocycles. The second kappa shape index (κ2) is 10.6. The highest BCUT2D eigenvalue weighted by atomic mass is 79.9. The number of rotatable bonds is 5. The molecular formula is C28H21BrClN3O4S. The van der Waals surface area contributed by atoms with Crippen LogP contribution in [0.1, 0.15) is 24.1 Å². The van der Waals surface area contributed by atoms with Gasteiger partial charge in [-0.1, -0.05) is 69.2 Å². The molecule has 1 unspecified atom stereocenters. The van der Waals surface area contributed by atoms with Crippen LogP contribution in [-0.4, -0.2) is 22.7 Å². The minimum Gasteiger partial charge on any atom is -0.506 e. The lowest BCUT2D eigenvalue weighted by Gasteiger charge is -2.25. The molecule has 192 valence electrons. The zero-order chi connectivity index (χ0) is 27.0. The van der Waals surface area contributed by atoms with E-state index in [1.165, 1.54) is 15.9 Å². The van der Waals surface area contributed by atoms with E-state index >= 15 is 0 Å². The third kappa shape index (κ3) is 4.92. The zero-order valence-corrected chi connectivity index (χ0v) is 23.4. The number of allylic oxidation sites excluding steroid dienone is 1. The average Bonchev–Trinajstić information content (AvgIpc) is 3.20. The molecule has 3 aromatic carbocycles. The summed E-state index contributed by atoms with van der Waals surface area (Å²) in [5, 5.41) is 13.6. The van der Waals surface area contributed by atoms with Crippen molar-refractivity contribution >= 4 is 56.5 Å². The van der Waals surface area contributed by atoms with Gasteiger partial charge in [-0.05, 0) is 55.0 Å². The number of aromatic nitrogens is 1. The number of fused-ring (bicyclic) bond motifs is 1. The lowest BCUT2D eigenvalue weighted by molar-refractivity contribution is -0.113. The first-order valence-corrected chi connectivity index (χ1v) is 13.5. The number of phenols is 1. The summed E-state index contributed by atoms with van der Waals surface area (Å²) in [7, 11) is 1.56. The third-order valence-electron chi connectivity index (χ3n) is 6.05. The molecule has 7 nitrogen and oxygen atoms in total. The van der Waals surface area contributed by atoms with E-state index in [-0.39, 0.29) is 22.2 Å². The molecular weight excluding hydrogens is 590 g/mol. The van der Waals surface area contributed by atoms with Gasteiger partial charge in [0.1, 0.15) is 11.5 Å². The summed E-state index contributed by atoms with van der Waals surface area (Å²) in [4.78, 5) is 32.5. The molecule has 0 spiro atoms.